The van der Waals surface area contributed by atoms with E-state index in [0.29, 0.717) is 45.3 Å². The summed E-state index contributed by atoms with van der Waals surface area (Å²) >= 11 is 0. The van der Waals surface area contributed by atoms with Crippen molar-refractivity contribution in [1.29, 1.82) is 0 Å². The predicted molar refractivity (Wildman–Crippen MR) is 102 cm³/mol. The molecule has 2 atom stereocenters. The van der Waals surface area contributed by atoms with Crippen LogP contribution in [0.15, 0.2) is 30.3 Å². The summed E-state index contributed by atoms with van der Waals surface area (Å²) < 4.78 is 0. The largest absolute Gasteiger partial charge is 0.357 e. The highest BCUT2D eigenvalue weighted by atomic mass is 16.2. The molecule has 0 saturated carbocycles. The van der Waals surface area contributed by atoms with Gasteiger partial charge >= 0.3 is 0 Å². The van der Waals surface area contributed by atoms with E-state index in [1.54, 1.807) is 11.9 Å². The van der Waals surface area contributed by atoms with E-state index in [1.165, 1.54) is 0 Å². The summed E-state index contributed by atoms with van der Waals surface area (Å²) in [4.78, 5) is 40.9. The van der Waals surface area contributed by atoms with Crippen molar-refractivity contribution in [2.24, 2.45) is 11.7 Å². The van der Waals surface area contributed by atoms with Crippen molar-refractivity contribution in [2.45, 2.75) is 37.8 Å². The molecule has 0 aromatic heterocycles. The number of nitrogens with zero attached hydrogens (tertiary/aromatic N) is 2. The van der Waals surface area contributed by atoms with Crippen LogP contribution in [0.1, 0.15) is 24.8 Å². The van der Waals surface area contributed by atoms with Gasteiger partial charge in [0.25, 0.3) is 0 Å². The van der Waals surface area contributed by atoms with E-state index >= 15 is 0 Å². The lowest BCUT2D eigenvalue weighted by Gasteiger charge is -2.34. The molecule has 2 heterocycles. The molecule has 0 radical (unpaired) electrons. The van der Waals surface area contributed by atoms with Gasteiger partial charge in [-0.2, -0.15) is 0 Å². The fourth-order valence-corrected chi connectivity index (χ4v) is 4.02. The Balaban J connectivity index is 1.54. The van der Waals surface area contributed by atoms with E-state index < -0.39 is 6.04 Å². The third-order valence-electron chi connectivity index (χ3n) is 5.56. The van der Waals surface area contributed by atoms with Crippen molar-refractivity contribution in [1.82, 2.24) is 15.1 Å². The Bertz CT molecular complexity index is 686. The van der Waals surface area contributed by atoms with Crippen LogP contribution in [0, 0.1) is 5.92 Å². The number of nitrogens with two attached hydrogens (primary N) is 1. The quantitative estimate of drug-likeness (QED) is 0.786. The predicted octanol–water partition coefficient (Wildman–Crippen LogP) is 0.142. The maximum atomic E-state index is 12.9. The lowest BCUT2D eigenvalue weighted by molar-refractivity contribution is -0.144. The summed E-state index contributed by atoms with van der Waals surface area (Å²) in [5.41, 5.74) is 6.98. The second kappa shape index (κ2) is 8.52. The van der Waals surface area contributed by atoms with Crippen LogP contribution in [0.25, 0.3) is 0 Å². The Kier molecular flexibility index (Phi) is 6.11. The molecule has 1 aromatic carbocycles. The zero-order valence-electron chi connectivity index (χ0n) is 15.8. The summed E-state index contributed by atoms with van der Waals surface area (Å²) in [7, 11) is 1.58. The first-order valence-electron chi connectivity index (χ1n) is 9.59. The number of piperidine rings is 1. The molecule has 2 fully saturated rings. The molecule has 2 saturated heterocycles. The number of likely N-dealkylation sites (tertiary alicyclic amines) is 2. The van der Waals surface area contributed by atoms with Gasteiger partial charge in [0.15, 0.2) is 0 Å². The highest BCUT2D eigenvalue weighted by Gasteiger charge is 2.40. The molecule has 7 nitrogen and oxygen atoms in total. The van der Waals surface area contributed by atoms with Crippen molar-refractivity contribution in [2.75, 3.05) is 26.7 Å². The van der Waals surface area contributed by atoms with Crippen LogP contribution in [0.4, 0.5) is 0 Å². The maximum absolute atomic E-state index is 12.9. The molecule has 3 amide bonds. The molecule has 7 heteroatoms. The molecule has 0 unspecified atom stereocenters. The average molecular weight is 372 g/mol. The third kappa shape index (κ3) is 4.47. The number of carbonyl (C=O) groups excluding carboxylic acids is 3. The minimum Gasteiger partial charge on any atom is -0.357 e. The van der Waals surface area contributed by atoms with Crippen LogP contribution in [0.3, 0.4) is 0 Å². The van der Waals surface area contributed by atoms with Crippen LogP contribution < -0.4 is 11.1 Å². The lowest BCUT2D eigenvalue weighted by Crippen LogP contribution is -2.49. The van der Waals surface area contributed by atoms with Crippen LogP contribution >= 0.6 is 0 Å². The zero-order valence-corrected chi connectivity index (χ0v) is 15.8. The van der Waals surface area contributed by atoms with E-state index in [0.717, 1.165) is 5.56 Å². The van der Waals surface area contributed by atoms with Crippen molar-refractivity contribution in [3.05, 3.63) is 35.9 Å². The number of likely N-dealkylation sites (N-methyl/N-ethyl adjacent to an activating group) is 1. The van der Waals surface area contributed by atoms with E-state index in [1.807, 2.05) is 35.2 Å². The highest BCUT2D eigenvalue weighted by Crippen LogP contribution is 2.25. The van der Waals surface area contributed by atoms with Crippen molar-refractivity contribution in [3.8, 4) is 0 Å². The number of amides is 3. The number of rotatable bonds is 4. The van der Waals surface area contributed by atoms with Gasteiger partial charge in [0.2, 0.25) is 17.7 Å². The minimum atomic E-state index is -0.477. The van der Waals surface area contributed by atoms with E-state index in [9.17, 15) is 14.4 Å². The third-order valence-corrected chi connectivity index (χ3v) is 5.56. The summed E-state index contributed by atoms with van der Waals surface area (Å²) in [6, 6.07) is 9.04. The molecular formula is C20H28N4O3. The Hall–Kier alpha value is -2.41. The molecular weight excluding hydrogens is 344 g/mol. The van der Waals surface area contributed by atoms with E-state index in [4.69, 9.17) is 5.73 Å². The lowest BCUT2D eigenvalue weighted by atomic mass is 9.94. The summed E-state index contributed by atoms with van der Waals surface area (Å²) in [6.45, 7) is 1.57. The first-order valence-corrected chi connectivity index (χ1v) is 9.59. The van der Waals surface area contributed by atoms with E-state index in [-0.39, 0.29) is 29.7 Å². The SMILES string of the molecule is CNC(=O)[C@@H]1C[C@@H](N)CN1C(=O)C1CCN(C(=O)Cc2ccccc2)CC1. The first kappa shape index (κ1) is 19.4. The molecule has 2 aliphatic rings. The van der Waals surface area contributed by atoms with Crippen molar-refractivity contribution >= 4 is 17.7 Å². The van der Waals surface area contributed by atoms with Crippen LogP contribution in [-0.2, 0) is 20.8 Å². The number of hydrogen-bond donors (Lipinski definition) is 2. The molecule has 1 aromatic rings. The van der Waals surface area contributed by atoms with Gasteiger partial charge in [0.05, 0.1) is 6.42 Å². The normalized spacial score (nSPS) is 23.3. The Morgan fingerprint density at radius 1 is 1.15 bits per heavy atom. The Morgan fingerprint density at radius 3 is 2.44 bits per heavy atom. The Labute approximate surface area is 159 Å². The van der Waals surface area contributed by atoms with Crippen LogP contribution in [0.2, 0.25) is 0 Å². The molecule has 3 N–H and O–H groups in total. The molecule has 0 spiro atoms. The molecule has 27 heavy (non-hydrogen) atoms. The van der Waals surface area contributed by atoms with E-state index in [2.05, 4.69) is 5.32 Å². The number of benzene rings is 1. The first-order chi connectivity index (χ1) is 13.0. The summed E-state index contributed by atoms with van der Waals surface area (Å²) in [6.07, 6.45) is 2.15. The smallest absolute Gasteiger partial charge is 0.242 e. The topological polar surface area (TPSA) is 95.7 Å². The number of hydrogen-bond acceptors (Lipinski definition) is 4. The van der Waals surface area contributed by atoms with Crippen LogP contribution in [0.5, 0.6) is 0 Å². The molecule has 0 aliphatic carbocycles. The maximum Gasteiger partial charge on any atom is 0.242 e. The van der Waals surface area contributed by atoms with Gasteiger partial charge in [-0.3, -0.25) is 14.4 Å². The van der Waals surface area contributed by atoms with Gasteiger partial charge < -0.3 is 20.9 Å². The molecule has 3 rings (SSSR count). The van der Waals surface area contributed by atoms with Crippen molar-refractivity contribution in [3.63, 3.8) is 0 Å². The zero-order chi connectivity index (χ0) is 19.4. The van der Waals surface area contributed by atoms with Gasteiger partial charge in [-0.1, -0.05) is 30.3 Å². The molecule has 0 bridgehead atoms. The average Bonchev–Trinajstić information content (AvgIpc) is 3.09. The number of nitrogens with one attached hydrogen (secondary N) is 1. The Morgan fingerprint density at radius 2 is 1.81 bits per heavy atom. The van der Waals surface area contributed by atoms with Crippen molar-refractivity contribution < 1.29 is 14.4 Å². The highest BCUT2D eigenvalue weighted by molar-refractivity contribution is 5.89. The monoisotopic (exact) mass is 372 g/mol. The van der Waals surface area contributed by atoms with Gasteiger partial charge in [-0.05, 0) is 24.8 Å². The fourth-order valence-electron chi connectivity index (χ4n) is 4.02. The van der Waals surface area contributed by atoms with Gasteiger partial charge in [0.1, 0.15) is 6.04 Å². The summed E-state index contributed by atoms with van der Waals surface area (Å²) in [5.74, 6) is -0.222. The second-order valence-electron chi connectivity index (χ2n) is 7.43. The second-order valence-corrected chi connectivity index (χ2v) is 7.43. The van der Waals surface area contributed by atoms with Gasteiger partial charge in [-0.15, -0.1) is 0 Å². The molecule has 146 valence electrons. The standard InChI is InChI=1S/C20H28N4O3/c1-22-19(26)17-12-16(21)13-24(17)20(27)15-7-9-23(10-8-15)18(25)11-14-5-3-2-4-6-14/h2-6,15-17H,7-13,21H2,1H3,(H,22,26)/t16-,17+/m1/s1. The van der Waals surface area contributed by atoms with Gasteiger partial charge in [-0.25, -0.2) is 0 Å². The minimum absolute atomic E-state index is 0.00768. The van der Waals surface area contributed by atoms with Gasteiger partial charge in [0, 0.05) is 38.6 Å². The van der Waals surface area contributed by atoms with Crippen LogP contribution in [-0.4, -0.2) is 66.3 Å². The number of carbonyl (C=O) groups is 3. The molecule has 2 aliphatic heterocycles. The fraction of sp³-hybridized carbons (Fsp3) is 0.550. The summed E-state index contributed by atoms with van der Waals surface area (Å²) in [5, 5.41) is 2.62.